The molecule has 0 radical (unpaired) electrons. The van der Waals surface area contributed by atoms with Crippen LogP contribution in [0.5, 0.6) is 5.75 Å². The lowest BCUT2D eigenvalue weighted by molar-refractivity contribution is -0.123. The van der Waals surface area contributed by atoms with Crippen LogP contribution in [0.25, 0.3) is 11.3 Å². The number of hydrogen-bond donors (Lipinski definition) is 1. The molecule has 3 rings (SSSR count). The predicted molar refractivity (Wildman–Crippen MR) is 101 cm³/mol. The number of halogens is 2. The summed E-state index contributed by atoms with van der Waals surface area (Å²) in [4.78, 5) is 20.4. The second-order valence-corrected chi connectivity index (χ2v) is 6.27. The van der Waals surface area contributed by atoms with Gasteiger partial charge in [0.15, 0.2) is 6.61 Å². The predicted octanol–water partition coefficient (Wildman–Crippen LogP) is 4.15. The Morgan fingerprint density at radius 3 is 2.77 bits per heavy atom. The molecule has 0 aliphatic carbocycles. The van der Waals surface area contributed by atoms with Gasteiger partial charge in [-0.15, -0.1) is 0 Å². The minimum absolute atomic E-state index is 0.137. The third kappa shape index (κ3) is 4.94. The molecule has 7 heteroatoms. The summed E-state index contributed by atoms with van der Waals surface area (Å²) in [7, 11) is 0. The minimum Gasteiger partial charge on any atom is -0.482 e. The van der Waals surface area contributed by atoms with Crippen molar-refractivity contribution in [1.82, 2.24) is 15.3 Å². The highest BCUT2D eigenvalue weighted by Gasteiger charge is 2.07. The van der Waals surface area contributed by atoms with Crippen LogP contribution in [0.2, 0.25) is 10.0 Å². The lowest BCUT2D eigenvalue weighted by Crippen LogP contribution is -2.28. The summed E-state index contributed by atoms with van der Waals surface area (Å²) in [6.07, 6.45) is 5.16. The van der Waals surface area contributed by atoms with Crippen LogP contribution in [0.1, 0.15) is 5.56 Å². The Hall–Kier alpha value is -2.63. The lowest BCUT2D eigenvalue weighted by atomic mass is 10.1. The number of benzene rings is 1. The second-order valence-electron chi connectivity index (χ2n) is 5.43. The van der Waals surface area contributed by atoms with Gasteiger partial charge in [-0.3, -0.25) is 14.8 Å². The van der Waals surface area contributed by atoms with Gasteiger partial charge < -0.3 is 10.1 Å². The average molecular weight is 388 g/mol. The molecule has 0 unspecified atom stereocenters. The summed E-state index contributed by atoms with van der Waals surface area (Å²) in [6.45, 7) is 0.230. The molecule has 2 aromatic heterocycles. The third-order valence-electron chi connectivity index (χ3n) is 3.52. The van der Waals surface area contributed by atoms with E-state index in [0.29, 0.717) is 22.3 Å². The van der Waals surface area contributed by atoms with Crippen molar-refractivity contribution in [3.05, 3.63) is 76.7 Å². The molecule has 0 bridgehead atoms. The van der Waals surface area contributed by atoms with Gasteiger partial charge >= 0.3 is 0 Å². The fraction of sp³-hybridized carbons (Fsp3) is 0.105. The third-order valence-corrected chi connectivity index (χ3v) is 4.05. The number of carbonyl (C=O) groups is 1. The van der Waals surface area contributed by atoms with Gasteiger partial charge in [-0.05, 0) is 48.0 Å². The van der Waals surface area contributed by atoms with Crippen molar-refractivity contribution in [2.45, 2.75) is 6.54 Å². The Morgan fingerprint density at radius 2 is 2.00 bits per heavy atom. The average Bonchev–Trinajstić information content (AvgIpc) is 2.66. The largest absolute Gasteiger partial charge is 0.482 e. The van der Waals surface area contributed by atoms with Crippen LogP contribution >= 0.6 is 23.2 Å². The molecule has 0 aliphatic rings. The van der Waals surface area contributed by atoms with Gasteiger partial charge in [0.1, 0.15) is 5.75 Å². The van der Waals surface area contributed by atoms with Crippen LogP contribution < -0.4 is 10.1 Å². The maximum Gasteiger partial charge on any atom is 0.258 e. The molecular weight excluding hydrogens is 373 g/mol. The van der Waals surface area contributed by atoms with Gasteiger partial charge in [0.25, 0.3) is 5.91 Å². The van der Waals surface area contributed by atoms with Gasteiger partial charge in [0.2, 0.25) is 0 Å². The van der Waals surface area contributed by atoms with E-state index in [9.17, 15) is 4.79 Å². The number of rotatable bonds is 6. The molecule has 132 valence electrons. The van der Waals surface area contributed by atoms with Crippen molar-refractivity contribution in [1.29, 1.82) is 0 Å². The molecule has 26 heavy (non-hydrogen) atoms. The van der Waals surface area contributed by atoms with Gasteiger partial charge in [-0.1, -0.05) is 23.2 Å². The fourth-order valence-corrected chi connectivity index (χ4v) is 2.71. The first kappa shape index (κ1) is 18.2. The number of ether oxygens (including phenoxy) is 1. The first-order chi connectivity index (χ1) is 12.6. The van der Waals surface area contributed by atoms with Crippen LogP contribution in [-0.4, -0.2) is 22.5 Å². The fourth-order valence-electron chi connectivity index (χ4n) is 2.24. The van der Waals surface area contributed by atoms with E-state index >= 15 is 0 Å². The van der Waals surface area contributed by atoms with Gasteiger partial charge in [0, 0.05) is 35.7 Å². The van der Waals surface area contributed by atoms with Crippen molar-refractivity contribution in [3.63, 3.8) is 0 Å². The monoisotopic (exact) mass is 387 g/mol. The highest BCUT2D eigenvalue weighted by molar-refractivity contribution is 6.35. The summed E-state index contributed by atoms with van der Waals surface area (Å²) in [6, 6.07) is 12.4. The van der Waals surface area contributed by atoms with Gasteiger partial charge in [0.05, 0.1) is 10.7 Å². The summed E-state index contributed by atoms with van der Waals surface area (Å²) < 4.78 is 5.41. The van der Waals surface area contributed by atoms with Crippen LogP contribution in [0.4, 0.5) is 0 Å². The molecular formula is C19H15Cl2N3O2. The van der Waals surface area contributed by atoms with Gasteiger partial charge in [-0.25, -0.2) is 0 Å². The Labute approximate surface area is 161 Å². The maximum absolute atomic E-state index is 12.0. The molecule has 5 nitrogen and oxygen atoms in total. The second kappa shape index (κ2) is 8.65. The van der Waals surface area contributed by atoms with Crippen molar-refractivity contribution >= 4 is 29.1 Å². The standard InChI is InChI=1S/C19H15Cl2N3O2/c20-15-3-4-18(16(21)9-15)26-12-19(25)24-10-13-5-7-23-17(8-13)14-2-1-6-22-11-14/h1-9,11H,10,12H2,(H,24,25). The van der Waals surface area contributed by atoms with E-state index in [1.165, 1.54) is 0 Å². The number of nitrogens with zero attached hydrogens (tertiary/aromatic N) is 2. The van der Waals surface area contributed by atoms with Crippen LogP contribution in [0.15, 0.2) is 61.1 Å². The SMILES string of the molecule is O=C(COc1ccc(Cl)cc1Cl)NCc1ccnc(-c2cccnc2)c1. The quantitative estimate of drug-likeness (QED) is 0.689. The number of pyridine rings is 2. The van der Waals surface area contributed by atoms with E-state index in [-0.39, 0.29) is 12.5 Å². The lowest BCUT2D eigenvalue weighted by Gasteiger charge is -2.09. The zero-order valence-electron chi connectivity index (χ0n) is 13.7. The molecule has 0 fully saturated rings. The molecule has 1 N–H and O–H groups in total. The number of amides is 1. The number of nitrogens with one attached hydrogen (secondary N) is 1. The van der Waals surface area contributed by atoms with Crippen LogP contribution in [-0.2, 0) is 11.3 Å². The summed E-state index contributed by atoms with van der Waals surface area (Å²) >= 11 is 11.8. The van der Waals surface area contributed by atoms with E-state index in [4.69, 9.17) is 27.9 Å². The van der Waals surface area contributed by atoms with Crippen LogP contribution in [0, 0.1) is 0 Å². The minimum atomic E-state index is -0.254. The summed E-state index contributed by atoms with van der Waals surface area (Å²) in [5, 5.41) is 3.67. The van der Waals surface area contributed by atoms with Crippen molar-refractivity contribution in [2.75, 3.05) is 6.61 Å². The van der Waals surface area contributed by atoms with E-state index in [1.54, 1.807) is 36.8 Å². The first-order valence-electron chi connectivity index (χ1n) is 7.82. The molecule has 0 saturated carbocycles. The van der Waals surface area contributed by atoms with E-state index < -0.39 is 0 Å². The topological polar surface area (TPSA) is 64.1 Å². The molecule has 1 aromatic carbocycles. The Kier molecular flexibility index (Phi) is 6.04. The Bertz CT molecular complexity index is 904. The van der Waals surface area contributed by atoms with Crippen molar-refractivity contribution in [2.24, 2.45) is 0 Å². The van der Waals surface area contributed by atoms with E-state index in [1.807, 2.05) is 24.3 Å². The van der Waals surface area contributed by atoms with E-state index in [0.717, 1.165) is 16.8 Å². The van der Waals surface area contributed by atoms with Gasteiger partial charge in [-0.2, -0.15) is 0 Å². The van der Waals surface area contributed by atoms with Crippen molar-refractivity contribution < 1.29 is 9.53 Å². The number of carbonyl (C=O) groups excluding carboxylic acids is 1. The van der Waals surface area contributed by atoms with Crippen molar-refractivity contribution in [3.8, 4) is 17.0 Å². The van der Waals surface area contributed by atoms with Crippen LogP contribution in [0.3, 0.4) is 0 Å². The van der Waals surface area contributed by atoms with E-state index in [2.05, 4.69) is 15.3 Å². The molecule has 0 spiro atoms. The highest BCUT2D eigenvalue weighted by atomic mass is 35.5. The molecule has 3 aromatic rings. The normalized spacial score (nSPS) is 10.4. The highest BCUT2D eigenvalue weighted by Crippen LogP contribution is 2.27. The first-order valence-corrected chi connectivity index (χ1v) is 8.57. The smallest absolute Gasteiger partial charge is 0.258 e. The zero-order chi connectivity index (χ0) is 18.4. The molecule has 0 aliphatic heterocycles. The molecule has 0 saturated heterocycles. The maximum atomic E-state index is 12.0. The molecule has 2 heterocycles. The Morgan fingerprint density at radius 1 is 1.12 bits per heavy atom. The molecule has 0 atom stereocenters. The zero-order valence-corrected chi connectivity index (χ0v) is 15.2. The Balaban J connectivity index is 1.55. The summed E-state index contributed by atoms with van der Waals surface area (Å²) in [5.74, 6) is 0.157. The number of aromatic nitrogens is 2. The molecule has 1 amide bonds. The number of hydrogen-bond acceptors (Lipinski definition) is 4. The summed E-state index contributed by atoms with van der Waals surface area (Å²) in [5.41, 5.74) is 2.65.